The zero-order chi connectivity index (χ0) is 18.8. The maximum atomic E-state index is 11.7. The van der Waals surface area contributed by atoms with E-state index >= 15 is 0 Å². The van der Waals surface area contributed by atoms with Crippen molar-refractivity contribution in [1.29, 1.82) is 0 Å². The second-order valence-corrected chi connectivity index (χ2v) is 7.24. The van der Waals surface area contributed by atoms with Gasteiger partial charge in [0.1, 0.15) is 19.0 Å². The van der Waals surface area contributed by atoms with Crippen LogP contribution in [0.5, 0.6) is 5.75 Å². The van der Waals surface area contributed by atoms with Gasteiger partial charge in [-0.2, -0.15) is 0 Å². The number of likely N-dealkylation sites (N-methyl/N-ethyl adjacent to an activating group) is 1. The van der Waals surface area contributed by atoms with Gasteiger partial charge in [0.15, 0.2) is 0 Å². The second kappa shape index (κ2) is 11.1. The summed E-state index contributed by atoms with van der Waals surface area (Å²) in [6.07, 6.45) is 1.13. The number of thioether (sulfide) groups is 1. The van der Waals surface area contributed by atoms with Crippen LogP contribution in [0.4, 0.5) is 0 Å². The predicted molar refractivity (Wildman–Crippen MR) is 104 cm³/mol. The number of carbonyl (C=O) groups is 2. The van der Waals surface area contributed by atoms with Gasteiger partial charge in [0, 0.05) is 23.6 Å². The molecule has 0 aliphatic heterocycles. The lowest BCUT2D eigenvalue weighted by atomic mass is 10.3. The average molecular weight is 384 g/mol. The maximum absolute atomic E-state index is 11.7. The largest absolute Gasteiger partial charge is 0.490 e. The summed E-state index contributed by atoms with van der Waals surface area (Å²) in [5.41, 5.74) is 0. The standard InChI is InChI=1S/C18H25NO4S2/c1-5-13(3)25-16-9-7-15(8-10-16)22-11-12-23-18(24)19(6-2)17(21)14(4)20/h7-10,13H,5-6,11-12H2,1-4H3. The number of ether oxygens (including phenoxy) is 2. The maximum Gasteiger partial charge on any atom is 0.297 e. The third kappa shape index (κ3) is 7.44. The third-order valence-corrected chi connectivity index (χ3v) is 5.01. The van der Waals surface area contributed by atoms with E-state index in [1.54, 1.807) is 6.92 Å². The van der Waals surface area contributed by atoms with Crippen molar-refractivity contribution >= 4 is 40.8 Å². The van der Waals surface area contributed by atoms with Crippen molar-refractivity contribution in [2.75, 3.05) is 19.8 Å². The molecule has 0 heterocycles. The van der Waals surface area contributed by atoms with Crippen LogP contribution in [0.15, 0.2) is 29.2 Å². The third-order valence-electron chi connectivity index (χ3n) is 3.40. The zero-order valence-corrected chi connectivity index (χ0v) is 16.7. The lowest BCUT2D eigenvalue weighted by Gasteiger charge is -2.20. The van der Waals surface area contributed by atoms with Crippen LogP contribution in [0.1, 0.15) is 34.1 Å². The van der Waals surface area contributed by atoms with Crippen LogP contribution in [0.3, 0.4) is 0 Å². The number of nitrogens with zero attached hydrogens (tertiary/aromatic N) is 1. The quantitative estimate of drug-likeness (QED) is 0.280. The van der Waals surface area contributed by atoms with Crippen molar-refractivity contribution in [3.05, 3.63) is 24.3 Å². The first-order valence-electron chi connectivity index (χ1n) is 8.27. The van der Waals surface area contributed by atoms with Gasteiger partial charge in [0.2, 0.25) is 5.78 Å². The van der Waals surface area contributed by atoms with Gasteiger partial charge in [-0.15, -0.1) is 11.8 Å². The molecule has 0 N–H and O–H groups in total. The number of carbonyl (C=O) groups excluding carboxylic acids is 2. The number of ketones is 1. The summed E-state index contributed by atoms with van der Waals surface area (Å²) in [4.78, 5) is 25.2. The van der Waals surface area contributed by atoms with Crippen LogP contribution < -0.4 is 4.74 Å². The number of thiocarbonyl (C=S) groups is 1. The summed E-state index contributed by atoms with van der Waals surface area (Å²) < 4.78 is 10.9. The Morgan fingerprint density at radius 3 is 2.36 bits per heavy atom. The van der Waals surface area contributed by atoms with Crippen LogP contribution in [0.2, 0.25) is 0 Å². The van der Waals surface area contributed by atoms with E-state index in [1.165, 1.54) is 11.8 Å². The number of Topliss-reactive ketones (excluding diaryl/α,β-unsaturated/α-hetero) is 1. The number of rotatable bonds is 9. The molecule has 7 heteroatoms. The smallest absolute Gasteiger partial charge is 0.297 e. The Hall–Kier alpha value is -1.60. The van der Waals surface area contributed by atoms with Crippen LogP contribution in [-0.4, -0.2) is 46.8 Å². The lowest BCUT2D eigenvalue weighted by molar-refractivity contribution is -0.141. The Morgan fingerprint density at radius 1 is 1.20 bits per heavy atom. The van der Waals surface area contributed by atoms with Crippen LogP contribution in [0, 0.1) is 0 Å². The molecule has 1 atom stereocenters. The highest BCUT2D eigenvalue weighted by molar-refractivity contribution is 7.99. The highest BCUT2D eigenvalue weighted by atomic mass is 32.2. The molecule has 1 unspecified atom stereocenters. The number of benzene rings is 1. The minimum atomic E-state index is -0.664. The number of hydrogen-bond acceptors (Lipinski definition) is 6. The monoisotopic (exact) mass is 383 g/mol. The molecule has 5 nitrogen and oxygen atoms in total. The zero-order valence-electron chi connectivity index (χ0n) is 15.1. The Kier molecular flexibility index (Phi) is 9.52. The van der Waals surface area contributed by atoms with E-state index in [-0.39, 0.29) is 18.3 Å². The van der Waals surface area contributed by atoms with Gasteiger partial charge in [-0.25, -0.2) is 0 Å². The molecule has 0 radical (unpaired) electrons. The molecule has 0 fully saturated rings. The Morgan fingerprint density at radius 2 is 1.84 bits per heavy atom. The average Bonchev–Trinajstić information content (AvgIpc) is 2.60. The molecule has 1 aromatic rings. The number of hydrogen-bond donors (Lipinski definition) is 0. The van der Waals surface area contributed by atoms with E-state index in [4.69, 9.17) is 21.7 Å². The Labute approximate surface area is 159 Å². The molecular formula is C18H25NO4S2. The highest BCUT2D eigenvalue weighted by Gasteiger charge is 2.21. The Bertz CT molecular complexity index is 589. The molecule has 0 bridgehead atoms. The summed E-state index contributed by atoms with van der Waals surface area (Å²) in [7, 11) is 0. The van der Waals surface area contributed by atoms with Gasteiger partial charge < -0.3 is 9.47 Å². The Balaban J connectivity index is 2.38. The van der Waals surface area contributed by atoms with E-state index < -0.39 is 11.7 Å². The van der Waals surface area contributed by atoms with E-state index in [0.29, 0.717) is 11.9 Å². The first-order chi connectivity index (χ1) is 11.9. The van der Waals surface area contributed by atoms with Gasteiger partial charge in [-0.3, -0.25) is 14.5 Å². The van der Waals surface area contributed by atoms with E-state index in [0.717, 1.165) is 17.1 Å². The fraction of sp³-hybridized carbons (Fsp3) is 0.500. The van der Waals surface area contributed by atoms with Gasteiger partial charge in [0.25, 0.3) is 11.1 Å². The van der Waals surface area contributed by atoms with Gasteiger partial charge in [-0.05, 0) is 49.8 Å². The van der Waals surface area contributed by atoms with E-state index in [1.807, 2.05) is 36.0 Å². The lowest BCUT2D eigenvalue weighted by Crippen LogP contribution is -2.40. The molecular weight excluding hydrogens is 358 g/mol. The summed E-state index contributed by atoms with van der Waals surface area (Å²) in [5, 5.41) is 0.576. The van der Waals surface area contributed by atoms with E-state index in [9.17, 15) is 9.59 Å². The fourth-order valence-corrected chi connectivity index (χ4v) is 3.06. The molecule has 0 aromatic heterocycles. The molecule has 0 spiro atoms. The van der Waals surface area contributed by atoms with E-state index in [2.05, 4.69) is 13.8 Å². The molecule has 1 aromatic carbocycles. The first kappa shape index (κ1) is 21.4. The number of amides is 1. The normalized spacial score (nSPS) is 11.5. The minimum Gasteiger partial charge on any atom is -0.490 e. The molecule has 1 amide bonds. The minimum absolute atomic E-state index is 0.00778. The SMILES string of the molecule is CCC(C)Sc1ccc(OCCOC(=S)N(CC)C(=O)C(C)=O)cc1. The summed E-state index contributed by atoms with van der Waals surface area (Å²) in [5.74, 6) is -0.489. The van der Waals surface area contributed by atoms with Crippen LogP contribution >= 0.6 is 24.0 Å². The van der Waals surface area contributed by atoms with Crippen molar-refractivity contribution < 1.29 is 19.1 Å². The van der Waals surface area contributed by atoms with Crippen molar-refractivity contribution in [3.63, 3.8) is 0 Å². The molecule has 0 saturated carbocycles. The molecule has 138 valence electrons. The van der Waals surface area contributed by atoms with Crippen LogP contribution in [0.25, 0.3) is 0 Å². The molecule has 25 heavy (non-hydrogen) atoms. The topological polar surface area (TPSA) is 55.8 Å². The van der Waals surface area contributed by atoms with Crippen molar-refractivity contribution in [2.24, 2.45) is 0 Å². The van der Waals surface area contributed by atoms with Gasteiger partial charge >= 0.3 is 0 Å². The summed E-state index contributed by atoms with van der Waals surface area (Å²) >= 11 is 6.87. The van der Waals surface area contributed by atoms with Gasteiger partial charge in [-0.1, -0.05) is 13.8 Å². The predicted octanol–water partition coefficient (Wildman–Crippen LogP) is 3.70. The van der Waals surface area contributed by atoms with Gasteiger partial charge in [0.05, 0.1) is 0 Å². The van der Waals surface area contributed by atoms with Crippen molar-refractivity contribution in [3.8, 4) is 5.75 Å². The fourth-order valence-electron chi connectivity index (χ4n) is 1.84. The van der Waals surface area contributed by atoms with Crippen molar-refractivity contribution in [1.82, 2.24) is 4.90 Å². The first-order valence-corrected chi connectivity index (χ1v) is 9.56. The molecule has 0 aliphatic rings. The summed E-state index contributed by atoms with van der Waals surface area (Å²) in [6.45, 7) is 8.09. The second-order valence-electron chi connectivity index (χ2n) is 5.38. The summed E-state index contributed by atoms with van der Waals surface area (Å²) in [6, 6.07) is 7.89. The molecule has 0 saturated heterocycles. The van der Waals surface area contributed by atoms with Crippen LogP contribution in [-0.2, 0) is 14.3 Å². The molecule has 0 aliphatic carbocycles. The molecule has 1 rings (SSSR count). The highest BCUT2D eigenvalue weighted by Crippen LogP contribution is 2.26. The van der Waals surface area contributed by atoms with Crippen molar-refractivity contribution in [2.45, 2.75) is 44.3 Å².